The Labute approximate surface area is 129 Å². The maximum Gasteiger partial charge on any atom is 0.0603 e. The molecule has 0 aromatic heterocycles. The van der Waals surface area contributed by atoms with Gasteiger partial charge < -0.3 is 5.73 Å². The molecular weight excluding hydrogens is 353 g/mol. The first-order valence-corrected chi connectivity index (χ1v) is 7.58. The highest BCUT2D eigenvalue weighted by atomic mass is 79.9. The molecule has 0 radical (unpaired) electrons. The van der Waals surface area contributed by atoms with Crippen molar-refractivity contribution in [2.45, 2.75) is 16.3 Å². The van der Waals surface area contributed by atoms with Gasteiger partial charge in [-0.2, -0.15) is 0 Å². The van der Waals surface area contributed by atoms with Gasteiger partial charge in [-0.05, 0) is 35.9 Å². The van der Waals surface area contributed by atoms with Crippen molar-refractivity contribution in [2.24, 2.45) is 5.73 Å². The minimum absolute atomic E-state index is 0.511. The second kappa shape index (κ2) is 6.31. The highest BCUT2D eigenvalue weighted by Crippen LogP contribution is 2.35. The van der Waals surface area contributed by atoms with Gasteiger partial charge in [-0.3, -0.25) is 0 Å². The average molecular weight is 363 g/mol. The van der Waals surface area contributed by atoms with Gasteiger partial charge >= 0.3 is 0 Å². The molecule has 2 N–H and O–H groups in total. The van der Waals surface area contributed by atoms with Crippen LogP contribution in [0.15, 0.2) is 50.7 Å². The Morgan fingerprint density at radius 1 is 1.06 bits per heavy atom. The van der Waals surface area contributed by atoms with Gasteiger partial charge in [-0.25, -0.2) is 0 Å². The predicted octanol–water partition coefficient (Wildman–Crippen LogP) is 5.37. The van der Waals surface area contributed by atoms with Gasteiger partial charge in [0.1, 0.15) is 0 Å². The number of nitrogens with two attached hydrogens (primary N) is 1. The third-order valence-electron chi connectivity index (χ3n) is 2.37. The quantitative estimate of drug-likeness (QED) is 0.794. The first kappa shape index (κ1) is 14.2. The lowest BCUT2D eigenvalue weighted by atomic mass is 10.2. The van der Waals surface area contributed by atoms with Crippen LogP contribution in [-0.2, 0) is 6.54 Å². The molecule has 2 aromatic rings. The Morgan fingerprint density at radius 2 is 1.83 bits per heavy atom. The van der Waals surface area contributed by atoms with Crippen LogP contribution in [0, 0.1) is 0 Å². The van der Waals surface area contributed by atoms with Gasteiger partial charge in [0.05, 0.1) is 10.0 Å². The molecule has 0 saturated carbocycles. The first-order chi connectivity index (χ1) is 8.60. The molecule has 2 aromatic carbocycles. The molecule has 0 aliphatic carbocycles. The van der Waals surface area contributed by atoms with Crippen LogP contribution in [0.5, 0.6) is 0 Å². The number of hydrogen-bond donors (Lipinski definition) is 1. The molecule has 5 heteroatoms. The monoisotopic (exact) mass is 361 g/mol. The van der Waals surface area contributed by atoms with E-state index < -0.39 is 0 Å². The minimum atomic E-state index is 0.511. The maximum atomic E-state index is 6.01. The van der Waals surface area contributed by atoms with Gasteiger partial charge in [-0.1, -0.05) is 57.0 Å². The molecule has 0 aliphatic rings. The second-order valence-corrected chi connectivity index (χ2v) is 6.48. The van der Waals surface area contributed by atoms with E-state index in [1.807, 2.05) is 24.3 Å². The Hall–Kier alpha value is -0.190. The van der Waals surface area contributed by atoms with Crippen molar-refractivity contribution in [1.82, 2.24) is 0 Å². The lowest BCUT2D eigenvalue weighted by molar-refractivity contribution is 1.02. The minimum Gasteiger partial charge on any atom is -0.326 e. The maximum absolute atomic E-state index is 6.01. The van der Waals surface area contributed by atoms with Crippen LogP contribution in [0.1, 0.15) is 5.56 Å². The largest absolute Gasteiger partial charge is 0.326 e. The lowest BCUT2D eigenvalue weighted by Crippen LogP contribution is -1.98. The summed E-state index contributed by atoms with van der Waals surface area (Å²) in [5.74, 6) is 0. The van der Waals surface area contributed by atoms with E-state index in [0.29, 0.717) is 16.6 Å². The summed E-state index contributed by atoms with van der Waals surface area (Å²) in [6.45, 7) is 0.511. The molecule has 2 rings (SSSR count). The van der Waals surface area contributed by atoms with Crippen LogP contribution in [-0.4, -0.2) is 0 Å². The van der Waals surface area contributed by atoms with Crippen LogP contribution >= 0.6 is 50.9 Å². The predicted molar refractivity (Wildman–Crippen MR) is 82.6 cm³/mol. The van der Waals surface area contributed by atoms with Crippen molar-refractivity contribution in [2.75, 3.05) is 0 Å². The molecule has 0 spiro atoms. The fraction of sp³-hybridized carbons (Fsp3) is 0.0769. The van der Waals surface area contributed by atoms with Gasteiger partial charge in [-0.15, -0.1) is 0 Å². The normalized spacial score (nSPS) is 10.7. The molecule has 94 valence electrons. The summed E-state index contributed by atoms with van der Waals surface area (Å²) in [5, 5.41) is 1.13. The summed E-state index contributed by atoms with van der Waals surface area (Å²) in [6, 6.07) is 11.7. The molecule has 0 heterocycles. The Morgan fingerprint density at radius 3 is 2.50 bits per heavy atom. The molecule has 0 amide bonds. The number of halogens is 3. The van der Waals surface area contributed by atoms with Crippen LogP contribution < -0.4 is 5.73 Å². The zero-order valence-corrected chi connectivity index (χ0v) is 13.2. The smallest absolute Gasteiger partial charge is 0.0603 e. The summed E-state index contributed by atoms with van der Waals surface area (Å²) < 4.78 is 1.03. The van der Waals surface area contributed by atoms with E-state index in [4.69, 9.17) is 28.9 Å². The summed E-state index contributed by atoms with van der Waals surface area (Å²) in [5.41, 5.74) is 6.84. The molecule has 18 heavy (non-hydrogen) atoms. The molecule has 0 aliphatic heterocycles. The highest BCUT2D eigenvalue weighted by molar-refractivity contribution is 9.10. The number of hydrogen-bond acceptors (Lipinski definition) is 2. The van der Waals surface area contributed by atoms with E-state index in [1.165, 1.54) is 0 Å². The Kier molecular flexibility index (Phi) is 4.98. The van der Waals surface area contributed by atoms with Crippen LogP contribution in [0.4, 0.5) is 0 Å². The van der Waals surface area contributed by atoms with E-state index in [2.05, 4.69) is 22.0 Å². The SMILES string of the molecule is NCc1ccc(Br)cc1Sc1ccc(Cl)c(Cl)c1. The average Bonchev–Trinajstić information content (AvgIpc) is 2.34. The van der Waals surface area contributed by atoms with Crippen molar-refractivity contribution in [3.63, 3.8) is 0 Å². The molecule has 0 fully saturated rings. The van der Waals surface area contributed by atoms with Gasteiger partial charge in [0.15, 0.2) is 0 Å². The molecular formula is C13H10BrCl2NS. The fourth-order valence-corrected chi connectivity index (χ4v) is 3.37. The highest BCUT2D eigenvalue weighted by Gasteiger charge is 2.06. The number of benzene rings is 2. The van der Waals surface area contributed by atoms with Gasteiger partial charge in [0.2, 0.25) is 0 Å². The summed E-state index contributed by atoms with van der Waals surface area (Å²) in [4.78, 5) is 2.16. The Bertz CT molecular complexity index is 575. The van der Waals surface area contributed by atoms with E-state index >= 15 is 0 Å². The van der Waals surface area contributed by atoms with Gasteiger partial charge in [0.25, 0.3) is 0 Å². The first-order valence-electron chi connectivity index (χ1n) is 5.21. The Balaban J connectivity index is 2.33. The lowest BCUT2D eigenvalue weighted by Gasteiger charge is -2.08. The molecule has 0 atom stereocenters. The van der Waals surface area contributed by atoms with Crippen molar-refractivity contribution < 1.29 is 0 Å². The van der Waals surface area contributed by atoms with Crippen molar-refractivity contribution in [3.8, 4) is 0 Å². The number of rotatable bonds is 3. The van der Waals surface area contributed by atoms with E-state index in [9.17, 15) is 0 Å². The topological polar surface area (TPSA) is 26.0 Å². The van der Waals surface area contributed by atoms with E-state index in [-0.39, 0.29) is 0 Å². The van der Waals surface area contributed by atoms with E-state index in [0.717, 1.165) is 19.8 Å². The third kappa shape index (κ3) is 3.43. The van der Waals surface area contributed by atoms with E-state index in [1.54, 1.807) is 17.8 Å². The fourth-order valence-electron chi connectivity index (χ4n) is 1.46. The standard InChI is InChI=1S/C13H10BrCl2NS/c14-9-2-1-8(7-17)13(5-9)18-10-3-4-11(15)12(16)6-10/h1-6H,7,17H2. The zero-order valence-electron chi connectivity index (χ0n) is 9.29. The summed E-state index contributed by atoms with van der Waals surface area (Å²) in [6.07, 6.45) is 0. The van der Waals surface area contributed by atoms with Crippen LogP contribution in [0.3, 0.4) is 0 Å². The summed E-state index contributed by atoms with van der Waals surface area (Å²) in [7, 11) is 0. The van der Waals surface area contributed by atoms with Crippen LogP contribution in [0.2, 0.25) is 10.0 Å². The summed E-state index contributed by atoms with van der Waals surface area (Å²) >= 11 is 17.0. The molecule has 0 saturated heterocycles. The molecule has 1 nitrogen and oxygen atoms in total. The zero-order chi connectivity index (χ0) is 13.1. The second-order valence-electron chi connectivity index (χ2n) is 3.63. The molecule has 0 bridgehead atoms. The van der Waals surface area contributed by atoms with Crippen molar-refractivity contribution in [3.05, 3.63) is 56.5 Å². The molecule has 0 unspecified atom stereocenters. The third-order valence-corrected chi connectivity index (χ3v) is 4.69. The van der Waals surface area contributed by atoms with Gasteiger partial charge in [0, 0.05) is 20.8 Å². The van der Waals surface area contributed by atoms with Crippen LogP contribution in [0.25, 0.3) is 0 Å². The van der Waals surface area contributed by atoms with Crippen molar-refractivity contribution in [1.29, 1.82) is 0 Å². The van der Waals surface area contributed by atoms with Crippen molar-refractivity contribution >= 4 is 50.9 Å².